The van der Waals surface area contributed by atoms with Gasteiger partial charge in [0, 0.05) is 25.3 Å². The Morgan fingerprint density at radius 3 is 2.45 bits per heavy atom. The predicted octanol–water partition coefficient (Wildman–Crippen LogP) is 5.96. The van der Waals surface area contributed by atoms with E-state index in [9.17, 15) is 0 Å². The van der Waals surface area contributed by atoms with Crippen LogP contribution in [0.5, 0.6) is 0 Å². The van der Waals surface area contributed by atoms with Gasteiger partial charge < -0.3 is 5.32 Å². The summed E-state index contributed by atoms with van der Waals surface area (Å²) in [6.45, 7) is 0. The molecule has 104 valence electrons. The highest BCUT2D eigenvalue weighted by Gasteiger charge is 2.30. The Bertz CT molecular complexity index is 624. The molecule has 1 nitrogen and oxygen atoms in total. The van der Waals surface area contributed by atoms with Crippen molar-refractivity contribution in [2.75, 3.05) is 5.32 Å². The van der Waals surface area contributed by atoms with Crippen molar-refractivity contribution in [1.29, 1.82) is 0 Å². The van der Waals surface area contributed by atoms with Gasteiger partial charge in [-0.15, -0.1) is 0 Å². The second-order valence-corrected chi connectivity index (χ2v) is 7.22. The van der Waals surface area contributed by atoms with Crippen molar-refractivity contribution in [3.63, 3.8) is 0 Å². The van der Waals surface area contributed by atoms with Crippen LogP contribution < -0.4 is 5.32 Å². The molecule has 2 aromatic rings. The smallest absolute Gasteiger partial charge is 0.0479 e. The van der Waals surface area contributed by atoms with Crippen LogP contribution in [0.4, 0.5) is 5.69 Å². The molecule has 0 aromatic heterocycles. The van der Waals surface area contributed by atoms with Gasteiger partial charge in [0.05, 0.1) is 0 Å². The average Bonchev–Trinajstić information content (AvgIpc) is 2.35. The lowest BCUT2D eigenvalue weighted by molar-refractivity contribution is 0.374. The minimum absolute atomic E-state index is 0.536. The van der Waals surface area contributed by atoms with Crippen LogP contribution in [-0.2, 0) is 0 Å². The molecule has 2 aromatic carbocycles. The first kappa shape index (κ1) is 14.5. The fourth-order valence-corrected chi connectivity index (χ4v) is 3.82. The van der Waals surface area contributed by atoms with Crippen LogP contribution in [0, 0.1) is 3.57 Å². The quantitative estimate of drug-likeness (QED) is 0.608. The largest absolute Gasteiger partial charge is 0.381 e. The molecule has 3 rings (SSSR count). The van der Waals surface area contributed by atoms with Crippen molar-refractivity contribution in [2.24, 2.45) is 0 Å². The molecule has 0 bridgehead atoms. The number of rotatable bonds is 3. The van der Waals surface area contributed by atoms with Crippen LogP contribution >= 0.6 is 45.8 Å². The van der Waals surface area contributed by atoms with E-state index in [1.165, 1.54) is 14.8 Å². The van der Waals surface area contributed by atoms with Crippen molar-refractivity contribution in [3.05, 3.63) is 61.6 Å². The van der Waals surface area contributed by atoms with Gasteiger partial charge in [-0.25, -0.2) is 0 Å². The van der Waals surface area contributed by atoms with Gasteiger partial charge in [-0.05, 0) is 77.2 Å². The van der Waals surface area contributed by atoms with Crippen molar-refractivity contribution in [1.82, 2.24) is 0 Å². The van der Waals surface area contributed by atoms with Crippen LogP contribution in [0.15, 0.2) is 42.5 Å². The number of benzene rings is 2. The van der Waals surface area contributed by atoms with Crippen molar-refractivity contribution in [2.45, 2.75) is 24.8 Å². The minimum atomic E-state index is 0.536. The van der Waals surface area contributed by atoms with Gasteiger partial charge in [0.25, 0.3) is 0 Å². The van der Waals surface area contributed by atoms with Crippen molar-refractivity contribution >= 4 is 51.5 Å². The van der Waals surface area contributed by atoms with E-state index in [2.05, 4.69) is 46.1 Å². The van der Waals surface area contributed by atoms with Crippen LogP contribution in [0.3, 0.4) is 0 Å². The highest BCUT2D eigenvalue weighted by Crippen LogP contribution is 2.39. The third-order valence-corrected chi connectivity index (χ3v) is 5.11. The van der Waals surface area contributed by atoms with Gasteiger partial charge in [-0.2, -0.15) is 0 Å². The van der Waals surface area contributed by atoms with Crippen LogP contribution in [0.1, 0.15) is 24.3 Å². The highest BCUT2D eigenvalue weighted by atomic mass is 127. The fourth-order valence-electron chi connectivity index (χ4n) is 2.59. The molecule has 1 N–H and O–H groups in total. The molecule has 1 fully saturated rings. The monoisotopic (exact) mass is 417 g/mol. The lowest BCUT2D eigenvalue weighted by Crippen LogP contribution is -2.34. The number of anilines is 1. The molecule has 4 heteroatoms. The summed E-state index contributed by atoms with van der Waals surface area (Å²) in [6.07, 6.45) is 2.30. The zero-order valence-corrected chi connectivity index (χ0v) is 14.4. The molecular formula is C16H14Cl2IN. The lowest BCUT2D eigenvalue weighted by Gasteiger charge is -2.37. The average molecular weight is 418 g/mol. The molecule has 0 unspecified atom stereocenters. The van der Waals surface area contributed by atoms with E-state index < -0.39 is 0 Å². The zero-order chi connectivity index (χ0) is 14.1. The summed E-state index contributed by atoms with van der Waals surface area (Å²) >= 11 is 14.3. The van der Waals surface area contributed by atoms with Gasteiger partial charge >= 0.3 is 0 Å². The lowest BCUT2D eigenvalue weighted by atomic mass is 9.76. The molecule has 0 atom stereocenters. The molecular weight excluding hydrogens is 404 g/mol. The van der Waals surface area contributed by atoms with Gasteiger partial charge in [0.15, 0.2) is 0 Å². The standard InChI is InChI=1S/C16H14Cl2IN/c17-12-3-1-2-10(6-12)11-7-14(8-11)20-16-5-4-13(18)9-15(16)19/h1-6,9,11,14,20H,7-8H2. The predicted molar refractivity (Wildman–Crippen MR) is 95.0 cm³/mol. The first-order chi connectivity index (χ1) is 9.61. The summed E-state index contributed by atoms with van der Waals surface area (Å²) in [5.41, 5.74) is 2.52. The second-order valence-electron chi connectivity index (χ2n) is 5.19. The number of hydrogen-bond acceptors (Lipinski definition) is 1. The Morgan fingerprint density at radius 2 is 1.75 bits per heavy atom. The molecule has 0 amide bonds. The SMILES string of the molecule is Clc1cccc(C2CC(Nc3ccc(Cl)cc3I)C2)c1. The van der Waals surface area contributed by atoms with Gasteiger partial charge in [0.1, 0.15) is 0 Å². The maximum absolute atomic E-state index is 6.04. The molecule has 0 aliphatic heterocycles. The Morgan fingerprint density at radius 1 is 1.00 bits per heavy atom. The summed E-state index contributed by atoms with van der Waals surface area (Å²) in [5, 5.41) is 5.20. The summed E-state index contributed by atoms with van der Waals surface area (Å²) in [7, 11) is 0. The van der Waals surface area contributed by atoms with E-state index >= 15 is 0 Å². The Labute approximate surface area is 142 Å². The van der Waals surface area contributed by atoms with E-state index in [-0.39, 0.29) is 0 Å². The highest BCUT2D eigenvalue weighted by molar-refractivity contribution is 14.1. The maximum atomic E-state index is 6.04. The van der Waals surface area contributed by atoms with Crippen molar-refractivity contribution < 1.29 is 0 Å². The Hall–Kier alpha value is -0.450. The summed E-state index contributed by atoms with van der Waals surface area (Å²) in [6, 6.07) is 14.7. The summed E-state index contributed by atoms with van der Waals surface area (Å²) in [5.74, 6) is 0.621. The number of hydrogen-bond donors (Lipinski definition) is 1. The molecule has 1 aliphatic rings. The molecule has 20 heavy (non-hydrogen) atoms. The minimum Gasteiger partial charge on any atom is -0.381 e. The normalized spacial score (nSPS) is 21.4. The zero-order valence-electron chi connectivity index (χ0n) is 10.7. The topological polar surface area (TPSA) is 12.0 Å². The van der Waals surface area contributed by atoms with Crippen LogP contribution in [0.25, 0.3) is 0 Å². The molecule has 0 heterocycles. The third-order valence-electron chi connectivity index (χ3n) is 3.75. The first-order valence-corrected chi connectivity index (χ1v) is 8.42. The summed E-state index contributed by atoms with van der Waals surface area (Å²) < 4.78 is 1.17. The van der Waals surface area contributed by atoms with Gasteiger partial charge in [-0.1, -0.05) is 35.3 Å². The van der Waals surface area contributed by atoms with Gasteiger partial charge in [-0.3, -0.25) is 0 Å². The third kappa shape index (κ3) is 3.23. The van der Waals surface area contributed by atoms with Crippen molar-refractivity contribution in [3.8, 4) is 0 Å². The molecule has 0 spiro atoms. The number of nitrogens with one attached hydrogen (secondary N) is 1. The summed E-state index contributed by atoms with van der Waals surface area (Å²) in [4.78, 5) is 0. The molecule has 0 radical (unpaired) electrons. The second kappa shape index (κ2) is 6.12. The molecule has 1 aliphatic carbocycles. The van der Waals surface area contributed by atoms with E-state index in [0.717, 1.165) is 22.9 Å². The fraction of sp³-hybridized carbons (Fsp3) is 0.250. The van der Waals surface area contributed by atoms with E-state index in [1.807, 2.05) is 24.3 Å². The number of halogens is 3. The van der Waals surface area contributed by atoms with Gasteiger partial charge in [0.2, 0.25) is 0 Å². The first-order valence-electron chi connectivity index (χ1n) is 6.59. The van der Waals surface area contributed by atoms with E-state index in [4.69, 9.17) is 23.2 Å². The van der Waals surface area contributed by atoms with E-state index in [0.29, 0.717) is 12.0 Å². The van der Waals surface area contributed by atoms with Crippen LogP contribution in [0.2, 0.25) is 10.0 Å². The maximum Gasteiger partial charge on any atom is 0.0479 e. The van der Waals surface area contributed by atoms with E-state index in [1.54, 1.807) is 0 Å². The Kier molecular flexibility index (Phi) is 4.43. The molecule has 1 saturated carbocycles. The Balaban J connectivity index is 1.61. The molecule has 0 saturated heterocycles. The van der Waals surface area contributed by atoms with Crippen LogP contribution in [-0.4, -0.2) is 6.04 Å².